The van der Waals surface area contributed by atoms with E-state index in [1.165, 1.54) is 340 Å². The summed E-state index contributed by atoms with van der Waals surface area (Å²) in [5.41, 5.74) is 0. The van der Waals surface area contributed by atoms with Crippen molar-refractivity contribution in [3.8, 4) is 0 Å². The van der Waals surface area contributed by atoms with E-state index in [4.69, 9.17) is 18.5 Å². The van der Waals surface area contributed by atoms with Gasteiger partial charge in [0.05, 0.1) is 27.7 Å². The number of hydrogen-bond donors (Lipinski definition) is 0. The number of phosphoric acid groups is 1. The molecule has 10 heteroatoms. The van der Waals surface area contributed by atoms with Crippen LogP contribution in [0.5, 0.6) is 0 Å². The number of unbranched alkanes of at least 4 members (excludes halogenated alkanes) is 57. The average Bonchev–Trinajstić information content (AvgIpc) is 1.08. The summed E-state index contributed by atoms with van der Waals surface area (Å²) < 4.78 is 34.5. The standard InChI is InChI=1S/C88H166NO8P/c1-6-8-10-12-14-16-18-20-22-24-26-28-30-32-34-36-38-40-42-43-44-45-47-48-50-52-54-56-58-60-62-64-66-68-70-72-74-76-78-80-87(90)94-84-86(85-96-98(92,93)95-83-82-89(3,4)5)97-88(91)81-79-77-75-73-71-69-67-65-63-61-59-57-55-53-51-49-46-41-39-37-35-33-31-29-27-25-23-21-19-17-15-13-11-9-7-2/h9,11,15,17,21,23,27,29,33,35,86H,6-8,10,12-14,16,18-20,22,24-26,28,30-32,34,36-85H2,1-5H3/b11-9-,17-15-,23-21-,29-27-,35-33-. The van der Waals surface area contributed by atoms with E-state index < -0.39 is 26.5 Å². The van der Waals surface area contributed by atoms with E-state index in [9.17, 15) is 19.0 Å². The van der Waals surface area contributed by atoms with E-state index in [1.54, 1.807) is 0 Å². The molecule has 0 rings (SSSR count). The zero-order chi connectivity index (χ0) is 71.1. The normalized spacial score (nSPS) is 13.2. The Morgan fingerprint density at radius 2 is 0.582 bits per heavy atom. The van der Waals surface area contributed by atoms with Crippen molar-refractivity contribution in [3.63, 3.8) is 0 Å². The van der Waals surface area contributed by atoms with Gasteiger partial charge < -0.3 is 27.9 Å². The van der Waals surface area contributed by atoms with Crippen molar-refractivity contribution in [2.45, 2.75) is 444 Å². The van der Waals surface area contributed by atoms with E-state index in [2.05, 4.69) is 74.6 Å². The molecule has 0 spiro atoms. The van der Waals surface area contributed by atoms with Gasteiger partial charge in [0.15, 0.2) is 6.10 Å². The van der Waals surface area contributed by atoms with Crippen LogP contribution in [0.3, 0.4) is 0 Å². The van der Waals surface area contributed by atoms with Crippen LogP contribution in [-0.4, -0.2) is 70.0 Å². The lowest BCUT2D eigenvalue weighted by Gasteiger charge is -2.28. The summed E-state index contributed by atoms with van der Waals surface area (Å²) in [6, 6.07) is 0. The van der Waals surface area contributed by atoms with E-state index >= 15 is 0 Å². The van der Waals surface area contributed by atoms with Crippen molar-refractivity contribution in [2.24, 2.45) is 0 Å². The molecule has 0 aromatic rings. The lowest BCUT2D eigenvalue weighted by atomic mass is 10.0. The molecule has 9 nitrogen and oxygen atoms in total. The minimum absolute atomic E-state index is 0.0284. The molecular weight excluding hydrogens is 1230 g/mol. The van der Waals surface area contributed by atoms with Crippen LogP contribution in [0.4, 0.5) is 0 Å². The third-order valence-electron chi connectivity index (χ3n) is 19.6. The van der Waals surface area contributed by atoms with Crippen LogP contribution in [0.15, 0.2) is 60.8 Å². The van der Waals surface area contributed by atoms with Gasteiger partial charge in [-0.15, -0.1) is 0 Å². The fourth-order valence-corrected chi connectivity index (χ4v) is 13.8. The van der Waals surface area contributed by atoms with Gasteiger partial charge in [-0.3, -0.25) is 14.2 Å². The van der Waals surface area contributed by atoms with Gasteiger partial charge in [0, 0.05) is 12.8 Å². The molecule has 0 aromatic carbocycles. The van der Waals surface area contributed by atoms with Crippen LogP contribution in [0.1, 0.15) is 438 Å². The molecule has 0 N–H and O–H groups in total. The molecule has 2 unspecified atom stereocenters. The molecule has 98 heavy (non-hydrogen) atoms. The second-order valence-electron chi connectivity index (χ2n) is 30.5. The van der Waals surface area contributed by atoms with E-state index in [-0.39, 0.29) is 32.0 Å². The summed E-state index contributed by atoms with van der Waals surface area (Å²) in [5.74, 6) is -0.809. The van der Waals surface area contributed by atoms with Gasteiger partial charge in [0.25, 0.3) is 7.82 Å². The number of likely N-dealkylation sites (N-methyl/N-ethyl adjacent to an activating group) is 1. The smallest absolute Gasteiger partial charge is 0.306 e. The number of quaternary nitrogens is 1. The van der Waals surface area contributed by atoms with Crippen LogP contribution in [0.2, 0.25) is 0 Å². The average molecular weight is 1400 g/mol. The topological polar surface area (TPSA) is 111 Å². The Labute approximate surface area is 610 Å². The maximum absolute atomic E-state index is 12.9. The first kappa shape index (κ1) is 95.7. The molecule has 0 saturated heterocycles. The Morgan fingerprint density at radius 1 is 0.327 bits per heavy atom. The maximum atomic E-state index is 12.9. The van der Waals surface area contributed by atoms with Crippen molar-refractivity contribution in [1.29, 1.82) is 0 Å². The van der Waals surface area contributed by atoms with Gasteiger partial charge in [-0.05, 0) is 57.8 Å². The highest BCUT2D eigenvalue weighted by molar-refractivity contribution is 7.45. The molecule has 0 bridgehead atoms. The fraction of sp³-hybridized carbons (Fsp3) is 0.864. The number of allylic oxidation sites excluding steroid dienone is 10. The van der Waals surface area contributed by atoms with Gasteiger partial charge in [-0.25, -0.2) is 0 Å². The second-order valence-corrected chi connectivity index (χ2v) is 31.9. The molecule has 0 aliphatic rings. The van der Waals surface area contributed by atoms with Gasteiger partial charge in [-0.2, -0.15) is 0 Å². The first-order valence-electron chi connectivity index (χ1n) is 43.0. The second kappa shape index (κ2) is 78.8. The molecule has 0 aliphatic carbocycles. The number of ether oxygens (including phenoxy) is 2. The monoisotopic (exact) mass is 1400 g/mol. The Hall–Kier alpha value is -2.29. The summed E-state index contributed by atoms with van der Waals surface area (Å²) in [4.78, 5) is 38.2. The summed E-state index contributed by atoms with van der Waals surface area (Å²) >= 11 is 0. The minimum Gasteiger partial charge on any atom is -0.756 e. The number of nitrogens with zero attached hydrogens (tertiary/aromatic N) is 1. The van der Waals surface area contributed by atoms with Gasteiger partial charge in [0.2, 0.25) is 0 Å². The Balaban J connectivity index is 3.87. The quantitative estimate of drug-likeness (QED) is 0.0195. The number of carbonyl (C=O) groups excluding carboxylic acids is 2. The van der Waals surface area contributed by atoms with Gasteiger partial charge in [-0.1, -0.05) is 428 Å². The number of phosphoric ester groups is 1. The summed E-state index contributed by atoms with van der Waals surface area (Å²) in [6.07, 6.45) is 107. The number of esters is 2. The van der Waals surface area contributed by atoms with Crippen molar-refractivity contribution in [2.75, 3.05) is 47.5 Å². The third-order valence-corrected chi connectivity index (χ3v) is 20.5. The number of carbonyl (C=O) groups is 2. The summed E-state index contributed by atoms with van der Waals surface area (Å²) in [5, 5.41) is 0. The van der Waals surface area contributed by atoms with Crippen LogP contribution in [0, 0.1) is 0 Å². The largest absolute Gasteiger partial charge is 0.756 e. The van der Waals surface area contributed by atoms with Crippen LogP contribution in [-0.2, 0) is 32.7 Å². The summed E-state index contributed by atoms with van der Waals surface area (Å²) in [7, 11) is 1.19. The molecule has 576 valence electrons. The first-order valence-corrected chi connectivity index (χ1v) is 44.5. The molecule has 0 heterocycles. The lowest BCUT2D eigenvalue weighted by molar-refractivity contribution is -0.870. The van der Waals surface area contributed by atoms with Gasteiger partial charge in [0.1, 0.15) is 19.8 Å². The predicted molar refractivity (Wildman–Crippen MR) is 425 cm³/mol. The van der Waals surface area contributed by atoms with Crippen molar-refractivity contribution < 1.29 is 42.1 Å². The van der Waals surface area contributed by atoms with Crippen molar-refractivity contribution >= 4 is 19.8 Å². The molecule has 0 amide bonds. The highest BCUT2D eigenvalue weighted by Crippen LogP contribution is 2.38. The lowest BCUT2D eigenvalue weighted by Crippen LogP contribution is -2.37. The van der Waals surface area contributed by atoms with Crippen molar-refractivity contribution in [1.82, 2.24) is 0 Å². The Morgan fingerprint density at radius 3 is 0.867 bits per heavy atom. The van der Waals surface area contributed by atoms with Crippen LogP contribution < -0.4 is 4.89 Å². The van der Waals surface area contributed by atoms with Crippen molar-refractivity contribution in [3.05, 3.63) is 60.8 Å². The Kier molecular flexibility index (Phi) is 77.0. The molecule has 2 atom stereocenters. The van der Waals surface area contributed by atoms with Crippen LogP contribution in [0.25, 0.3) is 0 Å². The molecule has 0 fully saturated rings. The van der Waals surface area contributed by atoms with Gasteiger partial charge >= 0.3 is 11.9 Å². The van der Waals surface area contributed by atoms with E-state index in [0.717, 1.165) is 64.2 Å². The third kappa shape index (κ3) is 82.7. The zero-order valence-electron chi connectivity index (χ0n) is 66.0. The molecule has 0 radical (unpaired) electrons. The SMILES string of the molecule is CC/C=C\C/C=C\C/C=C\C/C=C\C/C=C\CCCCCCCCCCCCCCCCCCCCCC(=O)OC(COC(=O)CCCCCCCCCCCCCCCCCCCCCCCCCCCCCCCCCCCCCCCCC)COP(=O)([O-])OCC[N+](C)(C)C. The molecule has 0 aromatic heterocycles. The summed E-state index contributed by atoms with van der Waals surface area (Å²) in [6.45, 7) is 4.21. The fourth-order valence-electron chi connectivity index (χ4n) is 13.0. The molecule has 0 aliphatic heterocycles. The highest BCUT2D eigenvalue weighted by Gasteiger charge is 2.22. The number of hydrogen-bond acceptors (Lipinski definition) is 8. The van der Waals surface area contributed by atoms with Crippen LogP contribution >= 0.6 is 7.82 Å². The predicted octanol–water partition coefficient (Wildman–Crippen LogP) is 28.2. The molecule has 0 saturated carbocycles. The Bertz CT molecular complexity index is 1840. The van der Waals surface area contributed by atoms with E-state index in [0.29, 0.717) is 17.4 Å². The minimum atomic E-state index is -4.65. The zero-order valence-corrected chi connectivity index (χ0v) is 66.9. The molecular formula is C88H166NO8P. The number of rotatable bonds is 81. The first-order chi connectivity index (χ1) is 48.0. The highest BCUT2D eigenvalue weighted by atomic mass is 31.2. The van der Waals surface area contributed by atoms with E-state index in [1.807, 2.05) is 21.1 Å². The maximum Gasteiger partial charge on any atom is 0.306 e.